The molecule has 1 amide bonds. The molecule has 3 aromatic rings. The van der Waals surface area contributed by atoms with Crippen LogP contribution < -0.4 is 5.32 Å². The first-order valence-electron chi connectivity index (χ1n) is 10.9. The highest BCUT2D eigenvalue weighted by Gasteiger charge is 2.36. The molecule has 1 aliphatic carbocycles. The van der Waals surface area contributed by atoms with Crippen LogP contribution in [0, 0.1) is 19.8 Å². The second-order valence-corrected chi connectivity index (χ2v) is 8.94. The van der Waals surface area contributed by atoms with Crippen molar-refractivity contribution in [2.45, 2.75) is 70.9 Å². The van der Waals surface area contributed by atoms with Crippen molar-refractivity contribution in [3.63, 3.8) is 0 Å². The van der Waals surface area contributed by atoms with Gasteiger partial charge in [0.2, 0.25) is 11.8 Å². The Hall–Kier alpha value is -2.77. The molecule has 164 valence electrons. The summed E-state index contributed by atoms with van der Waals surface area (Å²) in [5, 5.41) is 7.06. The number of nitrogens with zero attached hydrogens (tertiary/aromatic N) is 3. The number of hydrogen-bond donors (Lipinski definition) is 1. The SMILES string of the molecule is Cc1noc(C)c1-c1ccc2c(c1)nc([C@@H]1CCC(=O)N1)n2CC1CCC(F)(F)CC1. The Morgan fingerprint density at radius 2 is 2.00 bits per heavy atom. The van der Waals surface area contributed by atoms with Crippen LogP contribution in [0.5, 0.6) is 0 Å². The molecule has 2 aromatic heterocycles. The number of halogens is 2. The van der Waals surface area contributed by atoms with Gasteiger partial charge in [0, 0.05) is 31.4 Å². The zero-order chi connectivity index (χ0) is 21.8. The summed E-state index contributed by atoms with van der Waals surface area (Å²) >= 11 is 0. The van der Waals surface area contributed by atoms with Gasteiger partial charge in [0.15, 0.2) is 0 Å². The number of benzene rings is 1. The molecule has 1 N–H and O–H groups in total. The number of amides is 1. The van der Waals surface area contributed by atoms with Gasteiger partial charge < -0.3 is 14.4 Å². The third-order valence-corrected chi connectivity index (χ3v) is 6.68. The van der Waals surface area contributed by atoms with E-state index in [2.05, 4.69) is 15.0 Å². The maximum atomic E-state index is 13.6. The first kappa shape index (κ1) is 20.2. The van der Waals surface area contributed by atoms with Crippen LogP contribution in [-0.2, 0) is 11.3 Å². The van der Waals surface area contributed by atoms with E-state index in [1.54, 1.807) is 0 Å². The number of alkyl halides is 2. The predicted octanol–water partition coefficient (Wildman–Crippen LogP) is 5.08. The van der Waals surface area contributed by atoms with Crippen LogP contribution in [0.3, 0.4) is 0 Å². The Morgan fingerprint density at radius 3 is 2.65 bits per heavy atom. The molecule has 8 heteroatoms. The van der Waals surface area contributed by atoms with E-state index in [9.17, 15) is 13.6 Å². The van der Waals surface area contributed by atoms with Crippen molar-refractivity contribution in [2.75, 3.05) is 0 Å². The van der Waals surface area contributed by atoms with E-state index >= 15 is 0 Å². The van der Waals surface area contributed by atoms with E-state index < -0.39 is 5.92 Å². The van der Waals surface area contributed by atoms with Crippen molar-refractivity contribution < 1.29 is 18.1 Å². The molecule has 6 nitrogen and oxygen atoms in total. The molecule has 1 saturated carbocycles. The number of hydrogen-bond acceptors (Lipinski definition) is 4. The summed E-state index contributed by atoms with van der Waals surface area (Å²) in [6.45, 7) is 4.43. The maximum absolute atomic E-state index is 13.6. The number of aryl methyl sites for hydroxylation is 2. The predicted molar refractivity (Wildman–Crippen MR) is 112 cm³/mol. The molecule has 3 heterocycles. The minimum absolute atomic E-state index is 0.0253. The molecular weight excluding hydrogens is 402 g/mol. The number of aromatic nitrogens is 3. The van der Waals surface area contributed by atoms with Gasteiger partial charge in [-0.15, -0.1) is 0 Å². The van der Waals surface area contributed by atoms with E-state index in [1.165, 1.54) is 0 Å². The number of imidazole rings is 1. The van der Waals surface area contributed by atoms with Crippen molar-refractivity contribution in [1.29, 1.82) is 0 Å². The van der Waals surface area contributed by atoms with Crippen LogP contribution in [0.1, 0.15) is 61.8 Å². The molecular formula is C23H26F2N4O2. The summed E-state index contributed by atoms with van der Waals surface area (Å²) in [5.41, 5.74) is 4.55. The standard InChI is InChI=1S/C23H26F2N4O2/c1-13-21(14(2)31-28-13)16-3-5-19-18(11-16)27-22(17-4-6-20(30)26-17)29(19)12-15-7-9-23(24,25)10-8-15/h3,5,11,15,17H,4,6-10,12H2,1-2H3,(H,26,30)/t17-/m0/s1. The largest absolute Gasteiger partial charge is 0.361 e. The summed E-state index contributed by atoms with van der Waals surface area (Å²) in [5.74, 6) is -0.775. The van der Waals surface area contributed by atoms with Gasteiger partial charge in [0.25, 0.3) is 0 Å². The fraction of sp³-hybridized carbons (Fsp3) is 0.522. The van der Waals surface area contributed by atoms with Crippen molar-refractivity contribution in [3.05, 3.63) is 35.5 Å². The molecule has 1 aromatic carbocycles. The number of carbonyl (C=O) groups is 1. The zero-order valence-electron chi connectivity index (χ0n) is 17.8. The zero-order valence-corrected chi connectivity index (χ0v) is 17.8. The molecule has 0 unspecified atom stereocenters. The first-order valence-corrected chi connectivity index (χ1v) is 10.9. The van der Waals surface area contributed by atoms with E-state index in [0.29, 0.717) is 32.2 Å². The third-order valence-electron chi connectivity index (χ3n) is 6.68. The van der Waals surface area contributed by atoms with E-state index in [0.717, 1.165) is 39.4 Å². The van der Waals surface area contributed by atoms with Crippen molar-refractivity contribution in [3.8, 4) is 11.1 Å². The van der Waals surface area contributed by atoms with Gasteiger partial charge in [-0.3, -0.25) is 4.79 Å². The lowest BCUT2D eigenvalue weighted by atomic mass is 9.86. The molecule has 0 bridgehead atoms. The Labute approximate surface area is 179 Å². The highest BCUT2D eigenvalue weighted by atomic mass is 19.3. The van der Waals surface area contributed by atoms with Gasteiger partial charge in [0.1, 0.15) is 11.6 Å². The molecule has 0 spiro atoms. The smallest absolute Gasteiger partial charge is 0.248 e. The Kier molecular flexibility index (Phi) is 4.83. The first-order chi connectivity index (χ1) is 14.8. The number of fused-ring (bicyclic) bond motifs is 1. The number of rotatable bonds is 4. The van der Waals surface area contributed by atoms with Crippen LogP contribution in [-0.4, -0.2) is 26.5 Å². The Bertz CT molecular complexity index is 1120. The minimum Gasteiger partial charge on any atom is -0.361 e. The molecule has 1 atom stereocenters. The maximum Gasteiger partial charge on any atom is 0.248 e. The molecule has 2 fully saturated rings. The fourth-order valence-electron chi connectivity index (χ4n) is 5.01. The van der Waals surface area contributed by atoms with Crippen LogP contribution in [0.2, 0.25) is 0 Å². The van der Waals surface area contributed by atoms with Crippen molar-refractivity contribution in [2.24, 2.45) is 5.92 Å². The third kappa shape index (κ3) is 3.72. The molecule has 2 aliphatic rings. The quantitative estimate of drug-likeness (QED) is 0.629. The highest BCUT2D eigenvalue weighted by molar-refractivity contribution is 5.84. The van der Waals surface area contributed by atoms with E-state index in [1.807, 2.05) is 32.0 Å². The molecule has 31 heavy (non-hydrogen) atoms. The van der Waals surface area contributed by atoms with Crippen LogP contribution in [0.15, 0.2) is 22.7 Å². The summed E-state index contributed by atoms with van der Waals surface area (Å²) < 4.78 is 34.7. The second kappa shape index (κ2) is 7.43. The van der Waals surface area contributed by atoms with Crippen LogP contribution in [0.4, 0.5) is 8.78 Å². The van der Waals surface area contributed by atoms with Gasteiger partial charge in [0.05, 0.1) is 22.8 Å². The van der Waals surface area contributed by atoms with Crippen LogP contribution >= 0.6 is 0 Å². The second-order valence-electron chi connectivity index (χ2n) is 8.94. The van der Waals surface area contributed by atoms with Crippen molar-refractivity contribution in [1.82, 2.24) is 20.0 Å². The normalized spacial score (nSPS) is 21.7. The average Bonchev–Trinajstić information content (AvgIpc) is 3.40. The minimum atomic E-state index is -2.54. The average molecular weight is 428 g/mol. The summed E-state index contributed by atoms with van der Waals surface area (Å²) in [6.07, 6.45) is 2.06. The van der Waals surface area contributed by atoms with Gasteiger partial charge >= 0.3 is 0 Å². The molecule has 5 rings (SSSR count). The lowest BCUT2D eigenvalue weighted by Crippen LogP contribution is -2.28. The van der Waals surface area contributed by atoms with Crippen molar-refractivity contribution >= 4 is 16.9 Å². The van der Waals surface area contributed by atoms with Crippen LogP contribution in [0.25, 0.3) is 22.2 Å². The topological polar surface area (TPSA) is 72.9 Å². The fourth-order valence-corrected chi connectivity index (χ4v) is 5.01. The summed E-state index contributed by atoms with van der Waals surface area (Å²) in [7, 11) is 0. The van der Waals surface area contributed by atoms with Gasteiger partial charge in [-0.1, -0.05) is 11.2 Å². The summed E-state index contributed by atoms with van der Waals surface area (Å²) in [6, 6.07) is 5.93. The highest BCUT2D eigenvalue weighted by Crippen LogP contribution is 2.38. The lowest BCUT2D eigenvalue weighted by Gasteiger charge is -2.29. The molecule has 1 saturated heterocycles. The van der Waals surface area contributed by atoms with E-state index in [4.69, 9.17) is 9.51 Å². The summed E-state index contributed by atoms with van der Waals surface area (Å²) in [4.78, 5) is 16.8. The van der Waals surface area contributed by atoms with Gasteiger partial charge in [-0.05, 0) is 56.7 Å². The number of nitrogens with one attached hydrogen (secondary N) is 1. The molecule has 1 aliphatic heterocycles. The Balaban J connectivity index is 1.54. The lowest BCUT2D eigenvalue weighted by molar-refractivity contribution is -0.119. The molecule has 0 radical (unpaired) electrons. The Morgan fingerprint density at radius 1 is 1.23 bits per heavy atom. The van der Waals surface area contributed by atoms with E-state index in [-0.39, 0.29) is 30.7 Å². The van der Waals surface area contributed by atoms with Gasteiger partial charge in [-0.25, -0.2) is 13.8 Å². The number of carbonyl (C=O) groups excluding carboxylic acids is 1. The monoisotopic (exact) mass is 428 g/mol. The van der Waals surface area contributed by atoms with Gasteiger partial charge in [-0.2, -0.15) is 0 Å².